The molecule has 10 heteroatoms. The topological polar surface area (TPSA) is 134 Å². The van der Waals surface area contributed by atoms with Crippen LogP contribution in [0.15, 0.2) is 18.2 Å². The number of aryl methyl sites for hydroxylation is 1. The molecule has 3 rings (SSSR count). The second-order valence-electron chi connectivity index (χ2n) is 6.39. The van der Waals surface area contributed by atoms with Crippen LogP contribution in [0.5, 0.6) is 0 Å². The monoisotopic (exact) mass is 414 g/mol. The number of anilines is 2. The van der Waals surface area contributed by atoms with E-state index in [2.05, 4.69) is 16.7 Å². The van der Waals surface area contributed by atoms with Crippen molar-refractivity contribution < 1.29 is 19.2 Å². The van der Waals surface area contributed by atoms with Gasteiger partial charge in [0.2, 0.25) is 0 Å². The van der Waals surface area contributed by atoms with Gasteiger partial charge in [0, 0.05) is 18.0 Å². The number of esters is 1. The van der Waals surface area contributed by atoms with Crippen molar-refractivity contribution in [3.8, 4) is 6.07 Å². The molecule has 0 saturated carbocycles. The highest BCUT2D eigenvalue weighted by atomic mass is 32.1. The zero-order valence-corrected chi connectivity index (χ0v) is 16.4. The van der Waals surface area contributed by atoms with E-state index < -0.39 is 23.4 Å². The largest absolute Gasteiger partial charge is 0.452 e. The van der Waals surface area contributed by atoms with Crippen LogP contribution >= 0.6 is 11.3 Å². The molecule has 9 nitrogen and oxygen atoms in total. The van der Waals surface area contributed by atoms with Gasteiger partial charge in [-0.05, 0) is 43.4 Å². The van der Waals surface area contributed by atoms with Crippen LogP contribution in [0.2, 0.25) is 0 Å². The molecule has 0 spiro atoms. The standard InChI is InChI=1S/C19H18N4O5S/c1-21-14-7-6-11(8-15(14)23(26)27)19(25)28-10-17(24)22-18-13(9-20)12-4-2-3-5-16(12)29-18/h6-8,21H,2-5,10H2,1H3,(H,22,24). The van der Waals surface area contributed by atoms with Crippen molar-refractivity contribution in [3.05, 3.63) is 49.9 Å². The summed E-state index contributed by atoms with van der Waals surface area (Å²) in [6.07, 6.45) is 3.78. The highest BCUT2D eigenvalue weighted by Gasteiger charge is 2.23. The number of thiophene rings is 1. The zero-order chi connectivity index (χ0) is 21.0. The van der Waals surface area contributed by atoms with Crippen molar-refractivity contribution in [2.75, 3.05) is 24.3 Å². The Labute approximate surface area is 170 Å². The predicted octanol–water partition coefficient (Wildman–Crippen LogP) is 3.24. The zero-order valence-electron chi connectivity index (χ0n) is 15.6. The summed E-state index contributed by atoms with van der Waals surface area (Å²) < 4.78 is 4.97. The maximum absolute atomic E-state index is 12.2. The van der Waals surface area contributed by atoms with Gasteiger partial charge in [-0.3, -0.25) is 14.9 Å². The van der Waals surface area contributed by atoms with E-state index in [-0.39, 0.29) is 16.9 Å². The predicted molar refractivity (Wildman–Crippen MR) is 107 cm³/mol. The number of hydrogen-bond donors (Lipinski definition) is 2. The van der Waals surface area contributed by atoms with Crippen LogP contribution in [0.3, 0.4) is 0 Å². The van der Waals surface area contributed by atoms with Crippen LogP contribution in [0, 0.1) is 21.4 Å². The second-order valence-corrected chi connectivity index (χ2v) is 7.50. The molecule has 1 aromatic carbocycles. The lowest BCUT2D eigenvalue weighted by atomic mass is 9.96. The maximum atomic E-state index is 12.2. The number of nitrogens with one attached hydrogen (secondary N) is 2. The van der Waals surface area contributed by atoms with Gasteiger partial charge in [0.15, 0.2) is 6.61 Å². The van der Waals surface area contributed by atoms with E-state index in [1.165, 1.54) is 30.5 Å². The number of nitro groups is 1. The normalized spacial score (nSPS) is 12.4. The first-order valence-electron chi connectivity index (χ1n) is 8.92. The fourth-order valence-electron chi connectivity index (χ4n) is 3.17. The van der Waals surface area contributed by atoms with Crippen LogP contribution in [0.1, 0.15) is 39.2 Å². The molecule has 0 bridgehead atoms. The fraction of sp³-hybridized carbons (Fsp3) is 0.316. The summed E-state index contributed by atoms with van der Waals surface area (Å²) in [4.78, 5) is 35.9. The van der Waals surface area contributed by atoms with Gasteiger partial charge in [0.1, 0.15) is 16.8 Å². The molecule has 1 aliphatic carbocycles. The van der Waals surface area contributed by atoms with Gasteiger partial charge in [-0.25, -0.2) is 4.79 Å². The Hall–Kier alpha value is -3.45. The Morgan fingerprint density at radius 2 is 2.10 bits per heavy atom. The number of nitrogens with zero attached hydrogens (tertiary/aromatic N) is 2. The number of rotatable bonds is 6. The van der Waals surface area contributed by atoms with E-state index in [1.54, 1.807) is 0 Å². The smallest absolute Gasteiger partial charge is 0.338 e. The van der Waals surface area contributed by atoms with Crippen molar-refractivity contribution in [1.82, 2.24) is 0 Å². The molecule has 0 radical (unpaired) electrons. The molecule has 1 heterocycles. The number of nitro benzene ring substituents is 1. The van der Waals surface area contributed by atoms with Gasteiger partial charge in [-0.15, -0.1) is 11.3 Å². The molecule has 1 aromatic heterocycles. The molecule has 29 heavy (non-hydrogen) atoms. The van der Waals surface area contributed by atoms with Crippen LogP contribution in [0.25, 0.3) is 0 Å². The number of fused-ring (bicyclic) bond motifs is 1. The minimum Gasteiger partial charge on any atom is -0.452 e. The first-order valence-corrected chi connectivity index (χ1v) is 9.74. The Kier molecular flexibility index (Phi) is 6.09. The minimum absolute atomic E-state index is 0.0344. The summed E-state index contributed by atoms with van der Waals surface area (Å²) in [7, 11) is 1.53. The molecule has 0 atom stereocenters. The molecule has 0 saturated heterocycles. The third-order valence-electron chi connectivity index (χ3n) is 4.57. The van der Waals surface area contributed by atoms with Crippen LogP contribution in [0.4, 0.5) is 16.4 Å². The summed E-state index contributed by atoms with van der Waals surface area (Å²) in [6, 6.07) is 6.00. The van der Waals surface area contributed by atoms with E-state index in [9.17, 15) is 25.0 Å². The number of carbonyl (C=O) groups is 2. The molecular weight excluding hydrogens is 396 g/mol. The minimum atomic E-state index is -0.850. The van der Waals surface area contributed by atoms with E-state index >= 15 is 0 Å². The fourth-order valence-corrected chi connectivity index (χ4v) is 4.43. The number of ether oxygens (including phenoxy) is 1. The summed E-state index contributed by atoms with van der Waals surface area (Å²) in [5.74, 6) is -1.42. The lowest BCUT2D eigenvalue weighted by Gasteiger charge is -2.09. The lowest BCUT2D eigenvalue weighted by molar-refractivity contribution is -0.384. The molecule has 2 N–H and O–H groups in total. The summed E-state index contributed by atoms with van der Waals surface area (Å²) in [6.45, 7) is -0.562. The molecule has 0 aliphatic heterocycles. The summed E-state index contributed by atoms with van der Waals surface area (Å²) in [5, 5.41) is 26.3. The van der Waals surface area contributed by atoms with Gasteiger partial charge in [0.05, 0.1) is 16.1 Å². The Bertz CT molecular complexity index is 1020. The SMILES string of the molecule is CNc1ccc(C(=O)OCC(=O)Nc2sc3c(c2C#N)CCCC3)cc1[N+](=O)[O-]. The average Bonchev–Trinajstić information content (AvgIpc) is 3.08. The maximum Gasteiger partial charge on any atom is 0.338 e. The van der Waals surface area contributed by atoms with Crippen molar-refractivity contribution in [3.63, 3.8) is 0 Å². The lowest BCUT2D eigenvalue weighted by Crippen LogP contribution is -2.21. The van der Waals surface area contributed by atoms with E-state index in [0.717, 1.165) is 42.2 Å². The third kappa shape index (κ3) is 4.35. The summed E-state index contributed by atoms with van der Waals surface area (Å²) in [5.41, 5.74) is 1.42. The van der Waals surface area contributed by atoms with Gasteiger partial charge in [-0.1, -0.05) is 0 Å². The Morgan fingerprint density at radius 3 is 2.79 bits per heavy atom. The number of hydrogen-bond acceptors (Lipinski definition) is 8. The van der Waals surface area contributed by atoms with Crippen LogP contribution < -0.4 is 10.6 Å². The van der Waals surface area contributed by atoms with Crippen molar-refractivity contribution >= 4 is 39.6 Å². The van der Waals surface area contributed by atoms with E-state index in [0.29, 0.717) is 10.6 Å². The first-order chi connectivity index (χ1) is 13.9. The van der Waals surface area contributed by atoms with Crippen molar-refractivity contribution in [1.29, 1.82) is 5.26 Å². The molecule has 2 aromatic rings. The number of nitriles is 1. The first kappa shape index (κ1) is 20.3. The number of benzene rings is 1. The van der Waals surface area contributed by atoms with Gasteiger partial charge < -0.3 is 15.4 Å². The summed E-state index contributed by atoms with van der Waals surface area (Å²) >= 11 is 1.38. The molecule has 1 amide bonds. The second kappa shape index (κ2) is 8.70. The molecule has 0 fully saturated rings. The van der Waals surface area contributed by atoms with Gasteiger partial charge in [-0.2, -0.15) is 5.26 Å². The highest BCUT2D eigenvalue weighted by Crippen LogP contribution is 2.37. The Morgan fingerprint density at radius 1 is 1.34 bits per heavy atom. The molecule has 1 aliphatic rings. The van der Waals surface area contributed by atoms with Gasteiger partial charge in [0.25, 0.3) is 11.6 Å². The Balaban J connectivity index is 1.65. The third-order valence-corrected chi connectivity index (χ3v) is 5.78. The van der Waals surface area contributed by atoms with Crippen molar-refractivity contribution in [2.24, 2.45) is 0 Å². The average molecular weight is 414 g/mol. The number of amides is 1. The molecule has 0 unspecified atom stereocenters. The molecule has 150 valence electrons. The quantitative estimate of drug-likeness (QED) is 0.421. The molecular formula is C19H18N4O5S. The van der Waals surface area contributed by atoms with E-state index in [1.807, 2.05) is 0 Å². The van der Waals surface area contributed by atoms with E-state index in [4.69, 9.17) is 4.74 Å². The van der Waals surface area contributed by atoms with Crippen LogP contribution in [-0.2, 0) is 22.4 Å². The van der Waals surface area contributed by atoms with Crippen molar-refractivity contribution in [2.45, 2.75) is 25.7 Å². The number of carbonyl (C=O) groups excluding carboxylic acids is 2. The van der Waals surface area contributed by atoms with Gasteiger partial charge >= 0.3 is 5.97 Å². The van der Waals surface area contributed by atoms with Crippen LogP contribution in [-0.4, -0.2) is 30.5 Å². The highest BCUT2D eigenvalue weighted by molar-refractivity contribution is 7.16.